The van der Waals surface area contributed by atoms with Gasteiger partial charge in [0.1, 0.15) is 11.6 Å². The number of alkyl halides is 1. The van der Waals surface area contributed by atoms with Gasteiger partial charge < -0.3 is 4.57 Å². The fourth-order valence-corrected chi connectivity index (χ4v) is 1.75. The summed E-state index contributed by atoms with van der Waals surface area (Å²) in [6, 6.07) is 4.86. The van der Waals surface area contributed by atoms with Crippen LogP contribution in [-0.2, 0) is 12.9 Å². The first-order valence-electron chi connectivity index (χ1n) is 4.84. The maximum atomic E-state index is 13.1. The average molecular weight is 240 g/mol. The van der Waals surface area contributed by atoms with E-state index in [-0.39, 0.29) is 5.82 Å². The fraction of sp³-hybridized carbons (Fsp3) is 0.273. The molecule has 0 N–H and O–H groups in total. The summed E-state index contributed by atoms with van der Waals surface area (Å²) in [6.45, 7) is 1.72. The predicted molar refractivity (Wildman–Crippen MR) is 60.7 cm³/mol. The van der Waals surface area contributed by atoms with Crippen molar-refractivity contribution in [3.8, 4) is 11.4 Å². The lowest BCUT2D eigenvalue weighted by Gasteiger charge is -2.03. The molecule has 16 heavy (non-hydrogen) atoms. The Morgan fingerprint density at radius 1 is 1.38 bits per heavy atom. The van der Waals surface area contributed by atoms with E-state index < -0.39 is 0 Å². The lowest BCUT2D eigenvalue weighted by atomic mass is 10.1. The van der Waals surface area contributed by atoms with Crippen LogP contribution in [0.25, 0.3) is 11.4 Å². The predicted octanol–water partition coefficient (Wildman–Crippen LogP) is 2.67. The summed E-state index contributed by atoms with van der Waals surface area (Å²) in [4.78, 5) is 0. The first-order valence-corrected chi connectivity index (χ1v) is 5.37. The second-order valence-electron chi connectivity index (χ2n) is 3.60. The lowest BCUT2D eigenvalue weighted by Crippen LogP contribution is -1.97. The number of aryl methyl sites for hydroxylation is 1. The fourth-order valence-electron chi connectivity index (χ4n) is 1.51. The molecule has 0 spiro atoms. The van der Waals surface area contributed by atoms with Crippen molar-refractivity contribution >= 4 is 11.6 Å². The third kappa shape index (κ3) is 1.80. The Bertz CT molecular complexity index is 522. The molecule has 1 aromatic carbocycles. The molecule has 1 aromatic heterocycles. The van der Waals surface area contributed by atoms with Gasteiger partial charge in [0.25, 0.3) is 0 Å². The van der Waals surface area contributed by atoms with Gasteiger partial charge in [0.2, 0.25) is 0 Å². The standard InChI is InChI=1S/C11H11ClFN3/c1-7-5-8(3-4-9(7)13)11-15-14-10(6-12)16(11)2/h3-5H,6H2,1-2H3. The van der Waals surface area contributed by atoms with Crippen molar-refractivity contribution in [2.24, 2.45) is 7.05 Å². The summed E-state index contributed by atoms with van der Waals surface area (Å²) in [5, 5.41) is 7.98. The van der Waals surface area contributed by atoms with Crippen LogP contribution < -0.4 is 0 Å². The topological polar surface area (TPSA) is 30.7 Å². The van der Waals surface area contributed by atoms with Crippen LogP contribution in [0.2, 0.25) is 0 Å². The molecule has 0 aliphatic carbocycles. The molecule has 0 radical (unpaired) electrons. The molecule has 2 rings (SSSR count). The van der Waals surface area contributed by atoms with Gasteiger partial charge in [-0.15, -0.1) is 21.8 Å². The largest absolute Gasteiger partial charge is 0.313 e. The van der Waals surface area contributed by atoms with Gasteiger partial charge in [-0.1, -0.05) is 0 Å². The summed E-state index contributed by atoms with van der Waals surface area (Å²) in [6.07, 6.45) is 0. The molecular formula is C11H11ClFN3. The highest BCUT2D eigenvalue weighted by Gasteiger charge is 2.10. The Morgan fingerprint density at radius 3 is 2.69 bits per heavy atom. The van der Waals surface area contributed by atoms with E-state index in [0.29, 0.717) is 23.1 Å². The van der Waals surface area contributed by atoms with E-state index in [0.717, 1.165) is 5.56 Å². The second-order valence-corrected chi connectivity index (χ2v) is 3.86. The Labute approximate surface area is 97.9 Å². The van der Waals surface area contributed by atoms with Gasteiger partial charge in [-0.05, 0) is 30.7 Å². The second kappa shape index (κ2) is 4.22. The van der Waals surface area contributed by atoms with Gasteiger partial charge in [0.05, 0.1) is 5.88 Å². The van der Waals surface area contributed by atoms with Crippen LogP contribution in [0.15, 0.2) is 18.2 Å². The summed E-state index contributed by atoms with van der Waals surface area (Å²) in [5.41, 5.74) is 1.43. The summed E-state index contributed by atoms with van der Waals surface area (Å²) < 4.78 is 14.9. The smallest absolute Gasteiger partial charge is 0.163 e. The van der Waals surface area contributed by atoms with E-state index in [9.17, 15) is 4.39 Å². The molecule has 2 aromatic rings. The normalized spacial score (nSPS) is 10.8. The number of halogens is 2. The highest BCUT2D eigenvalue weighted by molar-refractivity contribution is 6.16. The number of hydrogen-bond acceptors (Lipinski definition) is 2. The van der Waals surface area contributed by atoms with Crippen molar-refractivity contribution in [1.29, 1.82) is 0 Å². The van der Waals surface area contributed by atoms with Gasteiger partial charge in [-0.3, -0.25) is 0 Å². The third-order valence-electron chi connectivity index (χ3n) is 2.50. The summed E-state index contributed by atoms with van der Waals surface area (Å²) >= 11 is 5.71. The Morgan fingerprint density at radius 2 is 2.12 bits per heavy atom. The molecule has 0 saturated heterocycles. The monoisotopic (exact) mass is 239 g/mol. The van der Waals surface area contributed by atoms with Crippen molar-refractivity contribution in [2.45, 2.75) is 12.8 Å². The highest BCUT2D eigenvalue weighted by Crippen LogP contribution is 2.20. The van der Waals surface area contributed by atoms with Crippen molar-refractivity contribution < 1.29 is 4.39 Å². The zero-order valence-corrected chi connectivity index (χ0v) is 9.79. The van der Waals surface area contributed by atoms with Crippen LogP contribution in [0, 0.1) is 12.7 Å². The molecule has 0 fully saturated rings. The van der Waals surface area contributed by atoms with Gasteiger partial charge >= 0.3 is 0 Å². The van der Waals surface area contributed by atoms with Crippen LogP contribution in [0.4, 0.5) is 4.39 Å². The highest BCUT2D eigenvalue weighted by atomic mass is 35.5. The van der Waals surface area contributed by atoms with E-state index in [2.05, 4.69) is 10.2 Å². The SMILES string of the molecule is Cc1cc(-c2nnc(CCl)n2C)ccc1F. The van der Waals surface area contributed by atoms with Crippen LogP contribution in [0.3, 0.4) is 0 Å². The molecule has 1 heterocycles. The van der Waals surface area contributed by atoms with Gasteiger partial charge in [-0.2, -0.15) is 0 Å². The molecule has 0 unspecified atom stereocenters. The van der Waals surface area contributed by atoms with Crippen LogP contribution in [0.1, 0.15) is 11.4 Å². The molecule has 0 atom stereocenters. The molecule has 84 valence electrons. The summed E-state index contributed by atoms with van der Waals surface area (Å²) in [7, 11) is 1.84. The van der Waals surface area contributed by atoms with E-state index in [1.165, 1.54) is 6.07 Å². The Balaban J connectivity index is 2.50. The van der Waals surface area contributed by atoms with Crippen molar-refractivity contribution in [3.05, 3.63) is 35.4 Å². The maximum absolute atomic E-state index is 13.1. The van der Waals surface area contributed by atoms with Crippen molar-refractivity contribution in [2.75, 3.05) is 0 Å². The third-order valence-corrected chi connectivity index (χ3v) is 2.74. The first-order chi connectivity index (χ1) is 7.63. The molecule has 0 aliphatic rings. The lowest BCUT2D eigenvalue weighted by molar-refractivity contribution is 0.618. The van der Waals surface area contributed by atoms with Crippen molar-refractivity contribution in [3.63, 3.8) is 0 Å². The molecular weight excluding hydrogens is 229 g/mol. The minimum Gasteiger partial charge on any atom is -0.313 e. The van der Waals surface area contributed by atoms with Crippen LogP contribution >= 0.6 is 11.6 Å². The minimum atomic E-state index is -0.219. The molecule has 5 heteroatoms. The van der Waals surface area contributed by atoms with Gasteiger partial charge in [0, 0.05) is 12.6 Å². The number of benzene rings is 1. The zero-order chi connectivity index (χ0) is 11.7. The Hall–Kier alpha value is -1.42. The van der Waals surface area contributed by atoms with Crippen LogP contribution in [-0.4, -0.2) is 14.8 Å². The number of nitrogens with zero attached hydrogens (tertiary/aromatic N) is 3. The van der Waals surface area contributed by atoms with Crippen LogP contribution in [0.5, 0.6) is 0 Å². The van der Waals surface area contributed by atoms with Crippen molar-refractivity contribution in [1.82, 2.24) is 14.8 Å². The number of rotatable bonds is 2. The summed E-state index contributed by atoms with van der Waals surface area (Å²) in [5.74, 6) is 1.48. The van der Waals surface area contributed by atoms with Gasteiger partial charge in [-0.25, -0.2) is 4.39 Å². The van der Waals surface area contributed by atoms with Gasteiger partial charge in [0.15, 0.2) is 5.82 Å². The number of hydrogen-bond donors (Lipinski definition) is 0. The number of aromatic nitrogens is 3. The quantitative estimate of drug-likeness (QED) is 0.755. The van der Waals surface area contributed by atoms with E-state index in [4.69, 9.17) is 11.6 Å². The first kappa shape index (κ1) is 11.1. The molecule has 0 amide bonds. The molecule has 3 nitrogen and oxygen atoms in total. The molecule has 0 bridgehead atoms. The average Bonchev–Trinajstić information content (AvgIpc) is 2.64. The minimum absolute atomic E-state index is 0.219. The maximum Gasteiger partial charge on any atom is 0.163 e. The molecule has 0 aliphatic heterocycles. The zero-order valence-electron chi connectivity index (χ0n) is 9.04. The van der Waals surface area contributed by atoms with E-state index in [1.807, 2.05) is 7.05 Å². The van der Waals surface area contributed by atoms with E-state index in [1.54, 1.807) is 23.6 Å². The Kier molecular flexibility index (Phi) is 2.92. The molecule has 0 saturated carbocycles. The van der Waals surface area contributed by atoms with E-state index >= 15 is 0 Å².